The zero-order valence-electron chi connectivity index (χ0n) is 34.5. The summed E-state index contributed by atoms with van der Waals surface area (Å²) in [5.41, 5.74) is 5.52. The van der Waals surface area contributed by atoms with Crippen LogP contribution in [0.2, 0.25) is 5.02 Å². The number of aryl methyl sites for hydroxylation is 1. The van der Waals surface area contributed by atoms with Crippen molar-refractivity contribution in [2.45, 2.75) is 95.1 Å². The Kier molecular flexibility index (Phi) is 13.1. The number of anilines is 5. The van der Waals surface area contributed by atoms with Gasteiger partial charge in [0.2, 0.25) is 17.8 Å². The van der Waals surface area contributed by atoms with Crippen LogP contribution in [-0.4, -0.2) is 96.7 Å². The summed E-state index contributed by atoms with van der Waals surface area (Å²) in [6.45, 7) is 16.2. The van der Waals surface area contributed by atoms with E-state index in [2.05, 4.69) is 71.8 Å². The first-order valence-electron chi connectivity index (χ1n) is 20.6. The van der Waals surface area contributed by atoms with Gasteiger partial charge in [-0.15, -0.1) is 0 Å². The SMILES string of the molecule is Cc1cc(Nc2ncc(Cl)c(Nc3ccccc3S(=O)(=O)C(C)C)n2)c(OC(C)C)cc1N1CCC(N2CCN(Cc3cccc(C4CCC(=O)NC4=O)c3)CC2)CC1. The number of hydrogen-bond donors (Lipinski definition) is 3. The van der Waals surface area contributed by atoms with Gasteiger partial charge in [0, 0.05) is 70.0 Å². The third-order valence-corrected chi connectivity index (χ3v) is 13.9. The minimum Gasteiger partial charge on any atom is -0.489 e. The molecule has 0 spiro atoms. The number of rotatable bonds is 13. The predicted molar refractivity (Wildman–Crippen MR) is 233 cm³/mol. The fraction of sp³-hybridized carbons (Fsp3) is 0.455. The Hall–Kier alpha value is -4.76. The number of para-hydroxylation sites is 1. The van der Waals surface area contributed by atoms with Crippen molar-refractivity contribution in [2.75, 3.05) is 54.8 Å². The summed E-state index contributed by atoms with van der Waals surface area (Å²) in [5.74, 6) is 0.597. The molecule has 2 amide bonds. The van der Waals surface area contributed by atoms with Crippen molar-refractivity contribution in [3.8, 4) is 5.75 Å². The summed E-state index contributed by atoms with van der Waals surface area (Å²) < 4.78 is 32.5. The molecule has 3 aliphatic rings. The minimum absolute atomic E-state index is 0.0763. The quantitative estimate of drug-likeness (QED) is 0.117. The topological polar surface area (TPSA) is 149 Å². The lowest BCUT2D eigenvalue weighted by molar-refractivity contribution is -0.134. The van der Waals surface area contributed by atoms with Gasteiger partial charge in [-0.1, -0.05) is 48.0 Å². The van der Waals surface area contributed by atoms with E-state index in [1.165, 1.54) is 11.8 Å². The molecule has 3 saturated heterocycles. The van der Waals surface area contributed by atoms with Gasteiger partial charge in [-0.3, -0.25) is 24.7 Å². The number of benzene rings is 3. The summed E-state index contributed by atoms with van der Waals surface area (Å²) >= 11 is 6.52. The molecule has 0 radical (unpaired) electrons. The van der Waals surface area contributed by atoms with Crippen molar-refractivity contribution in [3.05, 3.63) is 88.6 Å². The Morgan fingerprint density at radius 3 is 2.36 bits per heavy atom. The van der Waals surface area contributed by atoms with E-state index in [1.54, 1.807) is 38.1 Å². The number of hydrogen-bond acceptors (Lipinski definition) is 12. The van der Waals surface area contributed by atoms with E-state index in [0.29, 0.717) is 36.0 Å². The number of aromatic nitrogens is 2. The summed E-state index contributed by atoms with van der Waals surface area (Å²) in [6.07, 6.45) is 4.50. The molecular weight excluding hydrogens is 788 g/mol. The van der Waals surface area contributed by atoms with Gasteiger partial charge in [0.05, 0.1) is 39.7 Å². The van der Waals surface area contributed by atoms with Crippen LogP contribution < -0.4 is 25.6 Å². The molecule has 4 aromatic rings. The van der Waals surface area contributed by atoms with Crippen LogP contribution in [0.15, 0.2) is 71.8 Å². The second-order valence-electron chi connectivity index (χ2n) is 16.3. The Balaban J connectivity index is 0.970. The van der Waals surface area contributed by atoms with Crippen LogP contribution in [0.1, 0.15) is 76.0 Å². The molecule has 1 unspecified atom stereocenters. The van der Waals surface area contributed by atoms with Crippen LogP contribution in [0, 0.1) is 6.92 Å². The van der Waals surface area contributed by atoms with Gasteiger partial charge in [0.1, 0.15) is 10.8 Å². The number of nitrogens with one attached hydrogen (secondary N) is 3. The van der Waals surface area contributed by atoms with E-state index >= 15 is 0 Å². The molecule has 7 rings (SSSR count). The average Bonchev–Trinajstić information content (AvgIpc) is 3.20. The number of carbonyl (C=O) groups excluding carboxylic acids is 2. The lowest BCUT2D eigenvalue weighted by Crippen LogP contribution is -2.53. The van der Waals surface area contributed by atoms with Gasteiger partial charge < -0.3 is 20.3 Å². The maximum atomic E-state index is 13.1. The lowest BCUT2D eigenvalue weighted by Gasteiger charge is -2.43. The van der Waals surface area contributed by atoms with Crippen molar-refractivity contribution < 1.29 is 22.7 Å². The Morgan fingerprint density at radius 2 is 1.64 bits per heavy atom. The highest BCUT2D eigenvalue weighted by molar-refractivity contribution is 7.92. The molecule has 0 aliphatic carbocycles. The molecular formula is C44H55ClN8O5S. The minimum atomic E-state index is -3.57. The van der Waals surface area contributed by atoms with E-state index in [9.17, 15) is 18.0 Å². The van der Waals surface area contributed by atoms with E-state index in [-0.39, 0.29) is 45.5 Å². The summed E-state index contributed by atoms with van der Waals surface area (Å²) in [6, 6.07) is 19.7. The second kappa shape index (κ2) is 18.2. The number of halogens is 1. The van der Waals surface area contributed by atoms with Crippen molar-refractivity contribution >= 4 is 62.1 Å². The standard InChI is InChI=1S/C44H55ClN8O5S/c1-28(2)58-39-25-38(30(5)23-37(39)48-44-46-26-35(45)42(50-44)47-36-11-6-7-12-40(36)59(56,57)29(3)4)53-17-15-33(16-18-53)52-21-19-51(20-22-52)27-31-9-8-10-32(24-31)34-13-14-41(54)49-43(34)55/h6-12,23-26,28-29,33-34H,13-22,27H2,1-5H3,(H,49,54,55)(H2,46,47,48,50). The van der Waals surface area contributed by atoms with Gasteiger partial charge in [0.15, 0.2) is 15.7 Å². The van der Waals surface area contributed by atoms with Gasteiger partial charge in [-0.05, 0) is 88.8 Å². The van der Waals surface area contributed by atoms with Crippen LogP contribution in [0.5, 0.6) is 5.75 Å². The van der Waals surface area contributed by atoms with E-state index < -0.39 is 15.1 Å². The average molecular weight is 843 g/mol. The van der Waals surface area contributed by atoms with Crippen LogP contribution in [-0.2, 0) is 26.0 Å². The van der Waals surface area contributed by atoms with Crippen LogP contribution >= 0.6 is 11.6 Å². The molecule has 3 fully saturated rings. The highest BCUT2D eigenvalue weighted by atomic mass is 35.5. The number of sulfone groups is 1. The number of ether oxygens (including phenoxy) is 1. The number of amides is 2. The molecule has 3 aromatic carbocycles. The van der Waals surface area contributed by atoms with Crippen molar-refractivity contribution in [1.82, 2.24) is 25.1 Å². The van der Waals surface area contributed by atoms with E-state index in [0.717, 1.165) is 75.5 Å². The molecule has 1 atom stereocenters. The number of imide groups is 1. The molecule has 1 aromatic heterocycles. The monoisotopic (exact) mass is 842 g/mol. The maximum Gasteiger partial charge on any atom is 0.234 e. The highest BCUT2D eigenvalue weighted by Gasteiger charge is 2.31. The van der Waals surface area contributed by atoms with Gasteiger partial charge in [-0.25, -0.2) is 13.4 Å². The molecule has 4 heterocycles. The van der Waals surface area contributed by atoms with Crippen molar-refractivity contribution in [1.29, 1.82) is 0 Å². The highest BCUT2D eigenvalue weighted by Crippen LogP contribution is 2.38. The first-order valence-corrected chi connectivity index (χ1v) is 22.5. The molecule has 59 heavy (non-hydrogen) atoms. The number of carbonyl (C=O) groups is 2. The largest absolute Gasteiger partial charge is 0.489 e. The molecule has 15 heteroatoms. The molecule has 3 N–H and O–H groups in total. The zero-order valence-corrected chi connectivity index (χ0v) is 36.1. The first-order chi connectivity index (χ1) is 28.2. The normalized spacial score (nSPS) is 18.6. The van der Waals surface area contributed by atoms with E-state index in [4.69, 9.17) is 16.3 Å². The van der Waals surface area contributed by atoms with Crippen LogP contribution in [0.3, 0.4) is 0 Å². The molecule has 0 bridgehead atoms. The Morgan fingerprint density at radius 1 is 0.898 bits per heavy atom. The summed E-state index contributed by atoms with van der Waals surface area (Å²) in [5, 5.41) is 8.60. The fourth-order valence-electron chi connectivity index (χ4n) is 8.24. The maximum absolute atomic E-state index is 13.1. The second-order valence-corrected chi connectivity index (χ2v) is 19.2. The third-order valence-electron chi connectivity index (χ3n) is 11.4. The number of piperidine rings is 2. The predicted octanol–water partition coefficient (Wildman–Crippen LogP) is 7.20. The number of piperazine rings is 1. The summed E-state index contributed by atoms with van der Waals surface area (Å²) in [7, 11) is -3.57. The lowest BCUT2D eigenvalue weighted by atomic mass is 9.89. The van der Waals surface area contributed by atoms with E-state index in [1.807, 2.05) is 26.0 Å². The molecule has 0 saturated carbocycles. The van der Waals surface area contributed by atoms with Gasteiger partial charge in [0.25, 0.3) is 0 Å². The number of nitrogens with zero attached hydrogens (tertiary/aromatic N) is 5. The van der Waals surface area contributed by atoms with Crippen molar-refractivity contribution in [2.24, 2.45) is 0 Å². The van der Waals surface area contributed by atoms with Gasteiger partial charge in [-0.2, -0.15) is 4.98 Å². The first kappa shape index (κ1) is 42.4. The van der Waals surface area contributed by atoms with Crippen molar-refractivity contribution in [3.63, 3.8) is 0 Å². The summed E-state index contributed by atoms with van der Waals surface area (Å²) in [4.78, 5) is 41.0. The Bertz CT molecular complexity index is 2270. The fourth-order valence-corrected chi connectivity index (χ4v) is 9.58. The Labute approximate surface area is 352 Å². The molecule has 314 valence electrons. The van der Waals surface area contributed by atoms with Gasteiger partial charge >= 0.3 is 0 Å². The zero-order chi connectivity index (χ0) is 41.8. The van der Waals surface area contributed by atoms with Crippen LogP contribution in [0.4, 0.5) is 28.8 Å². The van der Waals surface area contributed by atoms with Crippen LogP contribution in [0.25, 0.3) is 0 Å². The third kappa shape index (κ3) is 10.00. The molecule has 13 nitrogen and oxygen atoms in total. The molecule has 3 aliphatic heterocycles. The smallest absolute Gasteiger partial charge is 0.234 e.